The minimum Gasteiger partial charge on any atom is -0.378 e. The van der Waals surface area contributed by atoms with Crippen LogP contribution in [0.2, 0.25) is 0 Å². The van der Waals surface area contributed by atoms with Gasteiger partial charge in [0.05, 0.1) is 6.10 Å². The molecule has 1 aliphatic rings. The first-order chi connectivity index (χ1) is 9.16. The molecule has 0 amide bonds. The number of benzene rings is 1. The molecule has 2 atom stereocenters. The van der Waals surface area contributed by atoms with Crippen LogP contribution in [0.15, 0.2) is 18.2 Å². The molecule has 1 aliphatic heterocycles. The number of rotatable bonds is 5. The summed E-state index contributed by atoms with van der Waals surface area (Å²) >= 11 is 0. The highest BCUT2D eigenvalue weighted by Crippen LogP contribution is 2.19. The van der Waals surface area contributed by atoms with E-state index in [1.807, 2.05) is 0 Å². The molecule has 1 fully saturated rings. The lowest BCUT2D eigenvalue weighted by atomic mass is 10.00. The van der Waals surface area contributed by atoms with Gasteiger partial charge in [0, 0.05) is 12.6 Å². The van der Waals surface area contributed by atoms with E-state index in [2.05, 4.69) is 44.3 Å². The van der Waals surface area contributed by atoms with Crippen molar-refractivity contribution in [1.82, 2.24) is 5.32 Å². The Balaban J connectivity index is 1.78. The second kappa shape index (κ2) is 7.06. The summed E-state index contributed by atoms with van der Waals surface area (Å²) in [6.07, 6.45) is 5.42. The summed E-state index contributed by atoms with van der Waals surface area (Å²) in [5.74, 6) is 0. The monoisotopic (exact) mass is 261 g/mol. The van der Waals surface area contributed by atoms with Gasteiger partial charge in [-0.3, -0.25) is 0 Å². The number of hydrogen-bond acceptors (Lipinski definition) is 2. The summed E-state index contributed by atoms with van der Waals surface area (Å²) in [6.45, 7) is 8.59. The zero-order valence-electron chi connectivity index (χ0n) is 12.5. The van der Waals surface area contributed by atoms with E-state index >= 15 is 0 Å². The highest BCUT2D eigenvalue weighted by atomic mass is 16.5. The van der Waals surface area contributed by atoms with Gasteiger partial charge in [-0.05, 0) is 64.1 Å². The molecule has 2 nitrogen and oxygen atoms in total. The van der Waals surface area contributed by atoms with Crippen molar-refractivity contribution in [3.8, 4) is 0 Å². The maximum absolute atomic E-state index is 5.76. The molecule has 1 aromatic carbocycles. The largest absolute Gasteiger partial charge is 0.378 e. The molecular formula is C17H27NO. The van der Waals surface area contributed by atoms with E-state index in [4.69, 9.17) is 4.74 Å². The molecule has 1 aromatic rings. The Labute approximate surface area is 117 Å². The molecular weight excluding hydrogens is 234 g/mol. The maximum Gasteiger partial charge on any atom is 0.0587 e. The van der Waals surface area contributed by atoms with Crippen molar-refractivity contribution in [2.24, 2.45) is 0 Å². The Morgan fingerprint density at radius 3 is 2.84 bits per heavy atom. The summed E-state index contributed by atoms with van der Waals surface area (Å²) in [6, 6.07) is 7.13. The fourth-order valence-corrected chi connectivity index (χ4v) is 2.92. The predicted octanol–water partition coefficient (Wildman–Crippen LogP) is 3.91. The third-order valence-corrected chi connectivity index (χ3v) is 4.08. The molecule has 1 heterocycles. The van der Waals surface area contributed by atoms with Crippen molar-refractivity contribution >= 4 is 0 Å². The average molecular weight is 261 g/mol. The molecule has 106 valence electrons. The first-order valence-electron chi connectivity index (χ1n) is 7.59. The lowest BCUT2D eigenvalue weighted by molar-refractivity contribution is 0.0112. The zero-order chi connectivity index (χ0) is 13.7. The minimum absolute atomic E-state index is 0.421. The summed E-state index contributed by atoms with van der Waals surface area (Å²) in [7, 11) is 0. The van der Waals surface area contributed by atoms with Gasteiger partial charge in [-0.25, -0.2) is 0 Å². The quantitative estimate of drug-likeness (QED) is 0.867. The Kier molecular flexibility index (Phi) is 5.41. The summed E-state index contributed by atoms with van der Waals surface area (Å²) in [5.41, 5.74) is 4.13. The molecule has 0 radical (unpaired) electrons. The van der Waals surface area contributed by atoms with Crippen LogP contribution in [-0.2, 0) is 4.74 Å². The van der Waals surface area contributed by atoms with Crippen LogP contribution in [0.5, 0.6) is 0 Å². The maximum atomic E-state index is 5.76. The molecule has 19 heavy (non-hydrogen) atoms. The summed E-state index contributed by atoms with van der Waals surface area (Å²) in [4.78, 5) is 0. The molecule has 0 aromatic heterocycles. The zero-order valence-corrected chi connectivity index (χ0v) is 12.5. The fourth-order valence-electron chi connectivity index (χ4n) is 2.92. The lowest BCUT2D eigenvalue weighted by Crippen LogP contribution is -2.27. The third-order valence-electron chi connectivity index (χ3n) is 4.08. The van der Waals surface area contributed by atoms with Gasteiger partial charge in [-0.1, -0.05) is 23.8 Å². The molecule has 2 heteroatoms. The van der Waals surface area contributed by atoms with Gasteiger partial charge in [0.25, 0.3) is 0 Å². The van der Waals surface area contributed by atoms with Gasteiger partial charge in [0.2, 0.25) is 0 Å². The van der Waals surface area contributed by atoms with Crippen molar-refractivity contribution in [3.63, 3.8) is 0 Å². The fraction of sp³-hybridized carbons (Fsp3) is 0.647. The van der Waals surface area contributed by atoms with Crippen molar-refractivity contribution in [1.29, 1.82) is 0 Å². The second-order valence-electron chi connectivity index (χ2n) is 5.81. The van der Waals surface area contributed by atoms with Crippen LogP contribution in [-0.4, -0.2) is 19.3 Å². The standard InChI is InChI=1S/C17H27NO/c1-13-7-8-17(14(2)12-13)15(3)18-10-9-16-6-4-5-11-19-16/h7-8,12,15-16,18H,4-6,9-11H2,1-3H3. The summed E-state index contributed by atoms with van der Waals surface area (Å²) in [5, 5.41) is 3.63. The van der Waals surface area contributed by atoms with Crippen LogP contribution in [0.1, 0.15) is 55.3 Å². The van der Waals surface area contributed by atoms with Crippen LogP contribution in [0, 0.1) is 13.8 Å². The number of aryl methyl sites for hydroxylation is 2. The molecule has 2 rings (SSSR count). The minimum atomic E-state index is 0.421. The van der Waals surface area contributed by atoms with E-state index in [0.717, 1.165) is 19.6 Å². The molecule has 0 saturated carbocycles. The molecule has 0 aliphatic carbocycles. The first kappa shape index (κ1) is 14.5. The van der Waals surface area contributed by atoms with Crippen LogP contribution in [0.4, 0.5) is 0 Å². The SMILES string of the molecule is Cc1ccc(C(C)NCCC2CCCCO2)c(C)c1. The average Bonchev–Trinajstić information content (AvgIpc) is 2.39. The Morgan fingerprint density at radius 1 is 1.32 bits per heavy atom. The van der Waals surface area contributed by atoms with Crippen LogP contribution < -0.4 is 5.32 Å². The van der Waals surface area contributed by atoms with E-state index in [1.165, 1.54) is 36.0 Å². The van der Waals surface area contributed by atoms with Gasteiger partial charge in [0.15, 0.2) is 0 Å². The van der Waals surface area contributed by atoms with Gasteiger partial charge < -0.3 is 10.1 Å². The summed E-state index contributed by atoms with van der Waals surface area (Å²) < 4.78 is 5.76. The first-order valence-corrected chi connectivity index (χ1v) is 7.59. The topological polar surface area (TPSA) is 21.3 Å². The van der Waals surface area contributed by atoms with Crippen LogP contribution >= 0.6 is 0 Å². The molecule has 1 saturated heterocycles. The van der Waals surface area contributed by atoms with E-state index in [-0.39, 0.29) is 0 Å². The van der Waals surface area contributed by atoms with Gasteiger partial charge in [-0.2, -0.15) is 0 Å². The van der Waals surface area contributed by atoms with Crippen molar-refractivity contribution in [2.45, 2.75) is 58.6 Å². The van der Waals surface area contributed by atoms with Gasteiger partial charge >= 0.3 is 0 Å². The van der Waals surface area contributed by atoms with Crippen LogP contribution in [0.25, 0.3) is 0 Å². The van der Waals surface area contributed by atoms with Gasteiger partial charge in [0.1, 0.15) is 0 Å². The predicted molar refractivity (Wildman–Crippen MR) is 80.5 cm³/mol. The lowest BCUT2D eigenvalue weighted by Gasteiger charge is -2.24. The van der Waals surface area contributed by atoms with Crippen LogP contribution in [0.3, 0.4) is 0 Å². The smallest absolute Gasteiger partial charge is 0.0587 e. The number of ether oxygens (including phenoxy) is 1. The van der Waals surface area contributed by atoms with Crippen molar-refractivity contribution in [2.75, 3.05) is 13.2 Å². The third kappa shape index (κ3) is 4.32. The Bertz CT molecular complexity index is 396. The van der Waals surface area contributed by atoms with E-state index in [0.29, 0.717) is 12.1 Å². The van der Waals surface area contributed by atoms with Crippen molar-refractivity contribution in [3.05, 3.63) is 34.9 Å². The Morgan fingerprint density at radius 2 is 2.16 bits per heavy atom. The number of nitrogens with one attached hydrogen (secondary N) is 1. The molecule has 1 N–H and O–H groups in total. The van der Waals surface area contributed by atoms with E-state index < -0.39 is 0 Å². The highest BCUT2D eigenvalue weighted by Gasteiger charge is 2.14. The molecule has 0 bridgehead atoms. The molecule has 0 spiro atoms. The normalized spacial score (nSPS) is 21.3. The van der Waals surface area contributed by atoms with Gasteiger partial charge in [-0.15, -0.1) is 0 Å². The number of hydrogen-bond donors (Lipinski definition) is 1. The Hall–Kier alpha value is -0.860. The highest BCUT2D eigenvalue weighted by molar-refractivity contribution is 5.32. The molecule has 2 unspecified atom stereocenters. The second-order valence-corrected chi connectivity index (χ2v) is 5.81. The van der Waals surface area contributed by atoms with E-state index in [9.17, 15) is 0 Å². The van der Waals surface area contributed by atoms with E-state index in [1.54, 1.807) is 0 Å². The van der Waals surface area contributed by atoms with Crippen molar-refractivity contribution < 1.29 is 4.74 Å².